The predicted octanol–water partition coefficient (Wildman–Crippen LogP) is 1.13. The molecule has 2 aliphatic heterocycles. The molecule has 0 spiro atoms. The third-order valence-electron chi connectivity index (χ3n) is 4.26. The number of hydrogen-bond donors (Lipinski definition) is 2. The van der Waals surface area contributed by atoms with E-state index in [-0.39, 0.29) is 0 Å². The maximum Gasteiger partial charge on any atom is 0.191 e. The lowest BCUT2D eigenvalue weighted by molar-refractivity contribution is 0.0405. The number of hydrogen-bond acceptors (Lipinski definition) is 4. The zero-order chi connectivity index (χ0) is 11.7. The van der Waals surface area contributed by atoms with Crippen molar-refractivity contribution in [2.75, 3.05) is 26.2 Å². The highest BCUT2D eigenvalue weighted by atomic mass is 16.5. The van der Waals surface area contributed by atoms with Crippen molar-refractivity contribution < 1.29 is 4.74 Å². The van der Waals surface area contributed by atoms with Gasteiger partial charge in [0.1, 0.15) is 0 Å². The second-order valence-corrected chi connectivity index (χ2v) is 5.90. The lowest BCUT2D eigenvalue weighted by Gasteiger charge is -2.31. The van der Waals surface area contributed by atoms with Crippen molar-refractivity contribution in [3.63, 3.8) is 0 Å². The Labute approximate surface area is 103 Å². The average molecular weight is 237 g/mol. The fraction of sp³-hybridized carbons (Fsp3) is 0.923. The highest BCUT2D eigenvalue weighted by Crippen LogP contribution is 2.47. The van der Waals surface area contributed by atoms with E-state index in [4.69, 9.17) is 4.74 Å². The standard InChI is InChI=1S/C13H23N3O/c1-13(5-8-17-11(13)10-3-4-10)9-16-12-14-6-2-7-15-12/h10-11H,2-9H2,1H3,(H2,14,15,16). The highest BCUT2D eigenvalue weighted by molar-refractivity contribution is 5.80. The Morgan fingerprint density at radius 1 is 1.53 bits per heavy atom. The van der Waals surface area contributed by atoms with E-state index in [1.54, 1.807) is 0 Å². The number of aliphatic imine (C=N–C) groups is 1. The number of ether oxygens (including phenoxy) is 1. The van der Waals surface area contributed by atoms with Gasteiger partial charge in [0, 0.05) is 31.7 Å². The van der Waals surface area contributed by atoms with E-state index in [1.165, 1.54) is 19.3 Å². The zero-order valence-electron chi connectivity index (χ0n) is 10.7. The summed E-state index contributed by atoms with van der Waals surface area (Å²) in [5, 5.41) is 6.79. The Morgan fingerprint density at radius 3 is 3.12 bits per heavy atom. The lowest BCUT2D eigenvalue weighted by atomic mass is 9.81. The first-order valence-corrected chi connectivity index (χ1v) is 6.92. The molecule has 0 aromatic carbocycles. The van der Waals surface area contributed by atoms with Crippen molar-refractivity contribution in [2.45, 2.75) is 38.7 Å². The summed E-state index contributed by atoms with van der Waals surface area (Å²) in [6.07, 6.45) is 5.52. The van der Waals surface area contributed by atoms with Crippen LogP contribution >= 0.6 is 0 Å². The Hall–Kier alpha value is -0.770. The molecule has 17 heavy (non-hydrogen) atoms. The third kappa shape index (κ3) is 2.41. The minimum atomic E-state index is 0.294. The van der Waals surface area contributed by atoms with E-state index in [0.717, 1.165) is 44.5 Å². The normalized spacial score (nSPS) is 37.5. The summed E-state index contributed by atoms with van der Waals surface area (Å²) >= 11 is 0. The molecular weight excluding hydrogens is 214 g/mol. The Kier molecular flexibility index (Phi) is 2.99. The van der Waals surface area contributed by atoms with E-state index in [1.807, 2.05) is 0 Å². The molecule has 1 saturated carbocycles. The van der Waals surface area contributed by atoms with Crippen molar-refractivity contribution in [1.29, 1.82) is 0 Å². The monoisotopic (exact) mass is 237 g/mol. The fourth-order valence-corrected chi connectivity index (χ4v) is 2.99. The summed E-state index contributed by atoms with van der Waals surface area (Å²) in [7, 11) is 0. The van der Waals surface area contributed by atoms with Crippen molar-refractivity contribution in [3.05, 3.63) is 0 Å². The largest absolute Gasteiger partial charge is 0.377 e. The van der Waals surface area contributed by atoms with Gasteiger partial charge in [0.2, 0.25) is 0 Å². The molecule has 1 aliphatic carbocycles. The van der Waals surface area contributed by atoms with Gasteiger partial charge in [-0.25, -0.2) is 0 Å². The molecule has 4 nitrogen and oxygen atoms in total. The molecule has 0 bridgehead atoms. The summed E-state index contributed by atoms with van der Waals surface area (Å²) in [6, 6.07) is 0. The van der Waals surface area contributed by atoms with Crippen LogP contribution in [0.1, 0.15) is 32.6 Å². The van der Waals surface area contributed by atoms with Crippen LogP contribution in [-0.2, 0) is 4.74 Å². The van der Waals surface area contributed by atoms with Gasteiger partial charge in [-0.3, -0.25) is 4.99 Å². The van der Waals surface area contributed by atoms with Crippen LogP contribution in [0.4, 0.5) is 0 Å². The third-order valence-corrected chi connectivity index (χ3v) is 4.26. The molecule has 2 fully saturated rings. The van der Waals surface area contributed by atoms with Gasteiger partial charge in [-0.1, -0.05) is 6.92 Å². The highest BCUT2D eigenvalue weighted by Gasteiger charge is 2.48. The number of guanidine groups is 1. The quantitative estimate of drug-likeness (QED) is 0.773. The van der Waals surface area contributed by atoms with Gasteiger partial charge < -0.3 is 15.4 Å². The van der Waals surface area contributed by atoms with Crippen LogP contribution in [0, 0.1) is 11.3 Å². The molecule has 0 amide bonds. The van der Waals surface area contributed by atoms with Gasteiger partial charge in [0.05, 0.1) is 6.10 Å². The SMILES string of the molecule is CC1(CNC2=NCCCN2)CCOC1C1CC1. The minimum absolute atomic E-state index is 0.294. The number of rotatable bonds is 3. The van der Waals surface area contributed by atoms with E-state index in [2.05, 4.69) is 22.5 Å². The Morgan fingerprint density at radius 2 is 2.41 bits per heavy atom. The molecule has 0 aromatic rings. The molecule has 0 aromatic heterocycles. The van der Waals surface area contributed by atoms with E-state index in [9.17, 15) is 0 Å². The topological polar surface area (TPSA) is 45.7 Å². The molecular formula is C13H23N3O. The first-order chi connectivity index (χ1) is 8.28. The molecule has 3 rings (SSSR count). The van der Waals surface area contributed by atoms with Crippen LogP contribution in [0.5, 0.6) is 0 Å². The van der Waals surface area contributed by atoms with Gasteiger partial charge in [-0.05, 0) is 31.6 Å². The van der Waals surface area contributed by atoms with Crippen LogP contribution in [0.15, 0.2) is 4.99 Å². The first-order valence-electron chi connectivity index (χ1n) is 6.92. The van der Waals surface area contributed by atoms with Crippen molar-refractivity contribution in [3.8, 4) is 0 Å². The molecule has 4 heteroatoms. The molecule has 96 valence electrons. The van der Waals surface area contributed by atoms with Gasteiger partial charge in [-0.15, -0.1) is 0 Å². The number of nitrogens with one attached hydrogen (secondary N) is 2. The smallest absolute Gasteiger partial charge is 0.191 e. The van der Waals surface area contributed by atoms with Gasteiger partial charge in [0.25, 0.3) is 0 Å². The summed E-state index contributed by atoms with van der Waals surface area (Å²) < 4.78 is 5.93. The van der Waals surface area contributed by atoms with Crippen molar-refractivity contribution in [1.82, 2.24) is 10.6 Å². The maximum atomic E-state index is 5.93. The van der Waals surface area contributed by atoms with Crippen LogP contribution in [0.3, 0.4) is 0 Å². The maximum absolute atomic E-state index is 5.93. The summed E-state index contributed by atoms with van der Waals surface area (Å²) in [6.45, 7) is 6.28. The van der Waals surface area contributed by atoms with E-state index in [0.29, 0.717) is 11.5 Å². The molecule has 0 radical (unpaired) electrons. The van der Waals surface area contributed by atoms with Crippen LogP contribution in [0.2, 0.25) is 0 Å². The van der Waals surface area contributed by atoms with Crippen molar-refractivity contribution >= 4 is 5.96 Å². The van der Waals surface area contributed by atoms with Crippen LogP contribution < -0.4 is 10.6 Å². The summed E-state index contributed by atoms with van der Waals surface area (Å²) in [5.74, 6) is 1.81. The molecule has 3 aliphatic rings. The molecule has 2 atom stereocenters. The summed E-state index contributed by atoms with van der Waals surface area (Å²) in [4.78, 5) is 4.46. The van der Waals surface area contributed by atoms with Gasteiger partial charge >= 0.3 is 0 Å². The van der Waals surface area contributed by atoms with Crippen LogP contribution in [0.25, 0.3) is 0 Å². The first kappa shape index (κ1) is 11.3. The van der Waals surface area contributed by atoms with Gasteiger partial charge in [0.15, 0.2) is 5.96 Å². The number of nitrogens with zero attached hydrogens (tertiary/aromatic N) is 1. The van der Waals surface area contributed by atoms with Crippen molar-refractivity contribution in [2.24, 2.45) is 16.3 Å². The van der Waals surface area contributed by atoms with Gasteiger partial charge in [-0.2, -0.15) is 0 Å². The predicted molar refractivity (Wildman–Crippen MR) is 68.1 cm³/mol. The average Bonchev–Trinajstić information content (AvgIpc) is 3.12. The second-order valence-electron chi connectivity index (χ2n) is 5.90. The molecule has 2 unspecified atom stereocenters. The second kappa shape index (κ2) is 4.48. The van der Waals surface area contributed by atoms with Crippen LogP contribution in [-0.4, -0.2) is 38.3 Å². The Bertz CT molecular complexity index is 314. The fourth-order valence-electron chi connectivity index (χ4n) is 2.99. The molecule has 2 heterocycles. The van der Waals surface area contributed by atoms with E-state index >= 15 is 0 Å². The molecule has 1 saturated heterocycles. The lowest BCUT2D eigenvalue weighted by Crippen LogP contribution is -2.47. The minimum Gasteiger partial charge on any atom is -0.377 e. The summed E-state index contributed by atoms with van der Waals surface area (Å²) in [5.41, 5.74) is 0.294. The zero-order valence-corrected chi connectivity index (χ0v) is 10.7. The van der Waals surface area contributed by atoms with E-state index < -0.39 is 0 Å². The molecule has 2 N–H and O–H groups in total. The Balaban J connectivity index is 1.57.